The van der Waals surface area contributed by atoms with E-state index in [0.29, 0.717) is 11.1 Å². The summed E-state index contributed by atoms with van der Waals surface area (Å²) >= 11 is 0. The number of hydrogen-bond acceptors (Lipinski definition) is 5. The van der Waals surface area contributed by atoms with Crippen LogP contribution in [0, 0.1) is 0 Å². The fourth-order valence-corrected chi connectivity index (χ4v) is 2.84. The van der Waals surface area contributed by atoms with Gasteiger partial charge in [-0.25, -0.2) is 9.59 Å². The second kappa shape index (κ2) is 10.5. The quantitative estimate of drug-likeness (QED) is 0.576. The molecule has 7 nitrogen and oxygen atoms in total. The van der Waals surface area contributed by atoms with E-state index in [-0.39, 0.29) is 24.5 Å². The molecule has 0 aliphatic carbocycles. The fraction of sp³-hybridized carbons (Fsp3) is 0.391. The Hall–Kier alpha value is -3.43. The Balaban J connectivity index is 2.10. The summed E-state index contributed by atoms with van der Waals surface area (Å²) < 4.78 is 54.6. The van der Waals surface area contributed by atoms with Gasteiger partial charge in [-0.2, -0.15) is 13.2 Å². The number of halogens is 3. The fourth-order valence-electron chi connectivity index (χ4n) is 2.84. The largest absolute Gasteiger partial charge is 0.493 e. The molecule has 1 atom stereocenters. The summed E-state index contributed by atoms with van der Waals surface area (Å²) in [5.41, 5.74) is -0.706. The summed E-state index contributed by atoms with van der Waals surface area (Å²) in [6.07, 6.45) is -5.37. The van der Waals surface area contributed by atoms with Crippen LogP contribution < -0.4 is 14.8 Å². The third-order valence-electron chi connectivity index (χ3n) is 4.31. The predicted molar refractivity (Wildman–Crippen MR) is 113 cm³/mol. The minimum atomic E-state index is -4.45. The molecular formula is C23H26F3NO6. The molecule has 2 aromatic rings. The molecule has 0 fully saturated rings. The number of nitrogens with one attached hydrogen (secondary N) is 1. The predicted octanol–water partition coefficient (Wildman–Crippen LogP) is 4.81. The number of carboxylic acids is 1. The minimum Gasteiger partial charge on any atom is -0.493 e. The van der Waals surface area contributed by atoms with Gasteiger partial charge in [-0.05, 0) is 56.2 Å². The molecule has 2 N–H and O–H groups in total. The first kappa shape index (κ1) is 25.8. The second-order valence-corrected chi connectivity index (χ2v) is 8.21. The number of benzene rings is 2. The van der Waals surface area contributed by atoms with Crippen LogP contribution in [0.1, 0.15) is 37.5 Å². The highest BCUT2D eigenvalue weighted by molar-refractivity contribution is 5.80. The van der Waals surface area contributed by atoms with Crippen LogP contribution in [0.4, 0.5) is 18.0 Å². The molecule has 1 amide bonds. The van der Waals surface area contributed by atoms with Crippen LogP contribution in [0.3, 0.4) is 0 Å². The van der Waals surface area contributed by atoms with Gasteiger partial charge in [0, 0.05) is 6.42 Å². The molecule has 10 heteroatoms. The third-order valence-corrected chi connectivity index (χ3v) is 4.31. The summed E-state index contributed by atoms with van der Waals surface area (Å²) in [4.78, 5) is 23.5. The third kappa shape index (κ3) is 8.21. The molecule has 0 radical (unpaired) electrons. The average Bonchev–Trinajstić information content (AvgIpc) is 2.70. The van der Waals surface area contributed by atoms with Gasteiger partial charge >= 0.3 is 18.2 Å². The zero-order valence-corrected chi connectivity index (χ0v) is 18.7. The summed E-state index contributed by atoms with van der Waals surface area (Å²) in [7, 11) is 1.38. The Labute approximate surface area is 189 Å². The lowest BCUT2D eigenvalue weighted by molar-refractivity contribution is -0.139. The molecule has 0 aromatic heterocycles. The Kier molecular flexibility index (Phi) is 8.18. The van der Waals surface area contributed by atoms with Gasteiger partial charge in [0.15, 0.2) is 11.5 Å². The van der Waals surface area contributed by atoms with Gasteiger partial charge in [-0.3, -0.25) is 0 Å². The van der Waals surface area contributed by atoms with Gasteiger partial charge in [0.05, 0.1) is 12.7 Å². The first-order valence-electron chi connectivity index (χ1n) is 9.96. The van der Waals surface area contributed by atoms with Crippen LogP contribution in [0.15, 0.2) is 42.5 Å². The van der Waals surface area contributed by atoms with Crippen molar-refractivity contribution in [3.8, 4) is 11.5 Å². The van der Waals surface area contributed by atoms with E-state index in [9.17, 15) is 27.9 Å². The van der Waals surface area contributed by atoms with Crippen molar-refractivity contribution in [2.45, 2.75) is 51.6 Å². The van der Waals surface area contributed by atoms with Crippen molar-refractivity contribution in [1.82, 2.24) is 5.32 Å². The van der Waals surface area contributed by atoms with Crippen molar-refractivity contribution in [3.63, 3.8) is 0 Å². The summed E-state index contributed by atoms with van der Waals surface area (Å²) in [6, 6.07) is 8.17. The van der Waals surface area contributed by atoms with E-state index in [1.165, 1.54) is 31.4 Å². The standard InChI is InChI=1S/C23H26F3NO6/c1-22(2,3)33-21(30)27-17(20(28)29)11-14-8-9-18(19(12-14)31-4)32-13-15-6-5-7-16(10-15)23(24,25)26/h5-10,12,17H,11,13H2,1-4H3,(H,27,30)(H,28,29). The van der Waals surface area contributed by atoms with Crippen LogP contribution in [0.5, 0.6) is 11.5 Å². The molecule has 180 valence electrons. The first-order valence-corrected chi connectivity index (χ1v) is 9.96. The maximum Gasteiger partial charge on any atom is 0.416 e. The monoisotopic (exact) mass is 469 g/mol. The lowest BCUT2D eigenvalue weighted by Crippen LogP contribution is -2.44. The van der Waals surface area contributed by atoms with Crippen molar-refractivity contribution in [2.24, 2.45) is 0 Å². The molecule has 0 bridgehead atoms. The number of hydrogen-bond donors (Lipinski definition) is 2. The van der Waals surface area contributed by atoms with Gasteiger partial charge in [-0.1, -0.05) is 18.2 Å². The van der Waals surface area contributed by atoms with Crippen LogP contribution in [-0.2, 0) is 28.7 Å². The highest BCUT2D eigenvalue weighted by atomic mass is 19.4. The Morgan fingerprint density at radius 3 is 2.30 bits per heavy atom. The number of aliphatic carboxylic acids is 1. The van der Waals surface area contributed by atoms with Gasteiger partial charge in [-0.15, -0.1) is 0 Å². The van der Waals surface area contributed by atoms with Gasteiger partial charge in [0.2, 0.25) is 0 Å². The van der Waals surface area contributed by atoms with E-state index in [1.54, 1.807) is 26.8 Å². The number of carboxylic acid groups (broad SMARTS) is 1. The summed E-state index contributed by atoms with van der Waals surface area (Å²) in [6.45, 7) is 4.85. The number of alkyl halides is 3. The number of methoxy groups -OCH3 is 1. The molecule has 2 rings (SSSR count). The van der Waals surface area contributed by atoms with Crippen molar-refractivity contribution in [1.29, 1.82) is 0 Å². The normalized spacial score (nSPS) is 12.6. The van der Waals surface area contributed by atoms with Gasteiger partial charge in [0.1, 0.15) is 18.2 Å². The minimum absolute atomic E-state index is 0.0567. The highest BCUT2D eigenvalue weighted by Crippen LogP contribution is 2.31. The number of carbonyl (C=O) groups excluding carboxylic acids is 1. The summed E-state index contributed by atoms with van der Waals surface area (Å²) in [5.74, 6) is -0.712. The van der Waals surface area contributed by atoms with Crippen molar-refractivity contribution in [2.75, 3.05) is 7.11 Å². The van der Waals surface area contributed by atoms with Crippen LogP contribution in [-0.4, -0.2) is 35.9 Å². The zero-order chi connectivity index (χ0) is 24.8. The molecule has 0 heterocycles. The first-order chi connectivity index (χ1) is 15.3. The molecule has 33 heavy (non-hydrogen) atoms. The van der Waals surface area contributed by atoms with E-state index in [0.717, 1.165) is 12.1 Å². The second-order valence-electron chi connectivity index (χ2n) is 8.21. The Morgan fingerprint density at radius 2 is 1.73 bits per heavy atom. The smallest absolute Gasteiger partial charge is 0.416 e. The van der Waals surface area contributed by atoms with E-state index in [2.05, 4.69) is 5.32 Å². The summed E-state index contributed by atoms with van der Waals surface area (Å²) in [5, 5.41) is 11.8. The van der Waals surface area contributed by atoms with Crippen LogP contribution in [0.25, 0.3) is 0 Å². The highest BCUT2D eigenvalue weighted by Gasteiger charge is 2.30. The van der Waals surface area contributed by atoms with E-state index >= 15 is 0 Å². The number of ether oxygens (including phenoxy) is 3. The van der Waals surface area contributed by atoms with Crippen LogP contribution in [0.2, 0.25) is 0 Å². The van der Waals surface area contributed by atoms with Crippen molar-refractivity contribution in [3.05, 3.63) is 59.2 Å². The molecular weight excluding hydrogens is 443 g/mol. The molecule has 0 saturated heterocycles. The van der Waals surface area contributed by atoms with E-state index in [4.69, 9.17) is 14.2 Å². The molecule has 0 saturated carbocycles. The average molecular weight is 469 g/mol. The Morgan fingerprint density at radius 1 is 1.03 bits per heavy atom. The lowest BCUT2D eigenvalue weighted by Gasteiger charge is -2.22. The molecule has 1 unspecified atom stereocenters. The van der Waals surface area contributed by atoms with Crippen molar-refractivity contribution >= 4 is 12.1 Å². The number of amides is 1. The number of rotatable bonds is 8. The molecule has 0 spiro atoms. The zero-order valence-electron chi connectivity index (χ0n) is 18.7. The molecule has 0 aliphatic heterocycles. The SMILES string of the molecule is COc1cc(CC(NC(=O)OC(C)(C)C)C(=O)O)ccc1OCc1cccc(C(F)(F)F)c1. The maximum absolute atomic E-state index is 12.9. The van der Waals surface area contributed by atoms with E-state index in [1.807, 2.05) is 0 Å². The Bertz CT molecular complexity index is 985. The molecule has 0 aliphatic rings. The van der Waals surface area contributed by atoms with Crippen LogP contribution >= 0.6 is 0 Å². The van der Waals surface area contributed by atoms with Crippen molar-refractivity contribution < 1.29 is 42.1 Å². The van der Waals surface area contributed by atoms with Gasteiger partial charge < -0.3 is 24.6 Å². The topological polar surface area (TPSA) is 94.1 Å². The molecule has 2 aromatic carbocycles. The number of carbonyl (C=O) groups is 2. The number of alkyl carbamates (subject to hydrolysis) is 1. The van der Waals surface area contributed by atoms with Gasteiger partial charge in [0.25, 0.3) is 0 Å². The van der Waals surface area contributed by atoms with E-state index < -0.39 is 35.4 Å². The maximum atomic E-state index is 12.9. The lowest BCUT2D eigenvalue weighted by atomic mass is 10.1.